The number of ether oxygens (including phenoxy) is 2. The second-order valence-electron chi connectivity index (χ2n) is 5.06. The lowest BCUT2D eigenvalue weighted by molar-refractivity contribution is 0.104. The van der Waals surface area contributed by atoms with Crippen molar-refractivity contribution in [1.82, 2.24) is 0 Å². The molecule has 2 aromatic rings. The van der Waals surface area contributed by atoms with E-state index in [9.17, 15) is 4.79 Å². The highest BCUT2D eigenvalue weighted by molar-refractivity contribution is 6.23. The molecule has 3 heteroatoms. The fourth-order valence-electron chi connectivity index (χ4n) is 2.62. The summed E-state index contributed by atoms with van der Waals surface area (Å²) in [6, 6.07) is 11.1. The van der Waals surface area contributed by atoms with Crippen molar-refractivity contribution in [3.8, 4) is 22.6 Å². The Bertz CT molecular complexity index is 687. The molecular weight excluding hydrogens is 252 g/mol. The zero-order valence-corrected chi connectivity index (χ0v) is 11.8. The van der Waals surface area contributed by atoms with Crippen LogP contribution in [-0.2, 0) is 0 Å². The summed E-state index contributed by atoms with van der Waals surface area (Å²) in [4.78, 5) is 12.5. The van der Waals surface area contributed by atoms with Crippen molar-refractivity contribution < 1.29 is 14.3 Å². The van der Waals surface area contributed by atoms with Crippen LogP contribution < -0.4 is 9.47 Å². The largest absolute Gasteiger partial charge is 0.496 e. The van der Waals surface area contributed by atoms with Crippen LogP contribution in [0, 0.1) is 0 Å². The Morgan fingerprint density at radius 2 is 1.45 bits per heavy atom. The molecule has 102 valence electrons. The number of hydrogen-bond acceptors (Lipinski definition) is 3. The summed E-state index contributed by atoms with van der Waals surface area (Å²) in [5.41, 5.74) is 3.05. The third-order valence-electron chi connectivity index (χ3n) is 3.37. The van der Waals surface area contributed by atoms with Crippen molar-refractivity contribution in [2.24, 2.45) is 0 Å². The van der Waals surface area contributed by atoms with Gasteiger partial charge in [-0.15, -0.1) is 0 Å². The van der Waals surface area contributed by atoms with E-state index in [1.54, 1.807) is 7.11 Å². The predicted molar refractivity (Wildman–Crippen MR) is 77.6 cm³/mol. The Kier molecular flexibility index (Phi) is 2.97. The van der Waals surface area contributed by atoms with Gasteiger partial charge in [0.25, 0.3) is 0 Å². The summed E-state index contributed by atoms with van der Waals surface area (Å²) in [5.74, 6) is 1.46. The molecule has 2 aromatic carbocycles. The van der Waals surface area contributed by atoms with Crippen LogP contribution in [0.1, 0.15) is 29.8 Å². The average Bonchev–Trinajstić information content (AvgIpc) is 2.73. The topological polar surface area (TPSA) is 35.5 Å². The van der Waals surface area contributed by atoms with Crippen LogP contribution in [-0.4, -0.2) is 19.0 Å². The van der Waals surface area contributed by atoms with Gasteiger partial charge in [0.1, 0.15) is 11.5 Å². The van der Waals surface area contributed by atoms with E-state index < -0.39 is 0 Å². The molecule has 0 spiro atoms. The smallest absolute Gasteiger partial charge is 0.194 e. The monoisotopic (exact) mass is 268 g/mol. The van der Waals surface area contributed by atoms with E-state index in [0.29, 0.717) is 16.9 Å². The molecule has 0 amide bonds. The SMILES string of the molecule is COc1cccc2c1-c1c(OC(C)C)cccc1C2=O. The van der Waals surface area contributed by atoms with E-state index in [1.165, 1.54) is 0 Å². The van der Waals surface area contributed by atoms with E-state index in [-0.39, 0.29) is 11.9 Å². The molecule has 0 heterocycles. The van der Waals surface area contributed by atoms with Gasteiger partial charge in [-0.1, -0.05) is 24.3 Å². The number of rotatable bonds is 3. The molecule has 0 atom stereocenters. The van der Waals surface area contributed by atoms with Crippen LogP contribution in [0.25, 0.3) is 11.1 Å². The quantitative estimate of drug-likeness (QED) is 0.726. The Morgan fingerprint density at radius 3 is 2.00 bits per heavy atom. The fourth-order valence-corrected chi connectivity index (χ4v) is 2.62. The maximum absolute atomic E-state index is 12.5. The van der Waals surface area contributed by atoms with Gasteiger partial charge in [-0.3, -0.25) is 4.79 Å². The lowest BCUT2D eigenvalue weighted by atomic mass is 10.0. The van der Waals surface area contributed by atoms with Gasteiger partial charge in [0.2, 0.25) is 0 Å². The Hall–Kier alpha value is -2.29. The highest BCUT2D eigenvalue weighted by atomic mass is 16.5. The molecule has 0 N–H and O–H groups in total. The maximum Gasteiger partial charge on any atom is 0.194 e. The third-order valence-corrected chi connectivity index (χ3v) is 3.37. The number of fused-ring (bicyclic) bond motifs is 3. The molecule has 0 aliphatic heterocycles. The van der Waals surface area contributed by atoms with E-state index >= 15 is 0 Å². The van der Waals surface area contributed by atoms with Crippen molar-refractivity contribution in [2.75, 3.05) is 7.11 Å². The molecule has 0 saturated carbocycles. The van der Waals surface area contributed by atoms with E-state index in [2.05, 4.69) is 0 Å². The number of methoxy groups -OCH3 is 1. The summed E-state index contributed by atoms with van der Waals surface area (Å²) in [5, 5.41) is 0. The lowest BCUT2D eigenvalue weighted by Crippen LogP contribution is -2.06. The first-order chi connectivity index (χ1) is 9.63. The molecular formula is C17H16O3. The second-order valence-corrected chi connectivity index (χ2v) is 5.06. The summed E-state index contributed by atoms with van der Waals surface area (Å²) in [6.07, 6.45) is 0.0513. The van der Waals surface area contributed by atoms with Gasteiger partial charge in [-0.25, -0.2) is 0 Å². The Morgan fingerprint density at radius 1 is 0.900 bits per heavy atom. The van der Waals surface area contributed by atoms with Gasteiger partial charge in [0.05, 0.1) is 13.2 Å². The zero-order chi connectivity index (χ0) is 14.3. The predicted octanol–water partition coefficient (Wildman–Crippen LogP) is 3.69. The first-order valence-corrected chi connectivity index (χ1v) is 6.65. The molecule has 0 fully saturated rings. The van der Waals surface area contributed by atoms with E-state index in [1.807, 2.05) is 50.2 Å². The first kappa shape index (κ1) is 12.7. The summed E-state index contributed by atoms with van der Waals surface area (Å²) in [7, 11) is 1.62. The molecule has 0 saturated heterocycles. The van der Waals surface area contributed by atoms with Crippen molar-refractivity contribution in [1.29, 1.82) is 0 Å². The minimum atomic E-state index is 0.0307. The number of hydrogen-bond donors (Lipinski definition) is 0. The van der Waals surface area contributed by atoms with Crippen LogP contribution in [0.15, 0.2) is 36.4 Å². The minimum absolute atomic E-state index is 0.0307. The fraction of sp³-hybridized carbons (Fsp3) is 0.235. The Balaban J connectivity index is 2.29. The molecule has 0 bridgehead atoms. The Labute approximate surface area is 118 Å². The molecule has 0 aromatic heterocycles. The lowest BCUT2D eigenvalue weighted by Gasteiger charge is -2.15. The van der Waals surface area contributed by atoms with Gasteiger partial charge >= 0.3 is 0 Å². The van der Waals surface area contributed by atoms with Crippen LogP contribution in [0.3, 0.4) is 0 Å². The highest BCUT2D eigenvalue weighted by Gasteiger charge is 2.32. The second kappa shape index (κ2) is 4.67. The van der Waals surface area contributed by atoms with Gasteiger partial charge in [0, 0.05) is 22.3 Å². The normalized spacial score (nSPS) is 12.3. The summed E-state index contributed by atoms with van der Waals surface area (Å²) < 4.78 is 11.3. The van der Waals surface area contributed by atoms with Crippen LogP contribution in [0.5, 0.6) is 11.5 Å². The maximum atomic E-state index is 12.5. The van der Waals surface area contributed by atoms with E-state index in [4.69, 9.17) is 9.47 Å². The minimum Gasteiger partial charge on any atom is -0.496 e. The zero-order valence-electron chi connectivity index (χ0n) is 11.8. The van der Waals surface area contributed by atoms with Gasteiger partial charge in [0.15, 0.2) is 5.78 Å². The van der Waals surface area contributed by atoms with Crippen LogP contribution in [0.2, 0.25) is 0 Å². The molecule has 0 radical (unpaired) electrons. The number of carbonyl (C=O) groups excluding carboxylic acids is 1. The molecule has 3 rings (SSSR count). The van der Waals surface area contributed by atoms with Crippen molar-refractivity contribution in [2.45, 2.75) is 20.0 Å². The average molecular weight is 268 g/mol. The van der Waals surface area contributed by atoms with E-state index in [0.717, 1.165) is 16.9 Å². The highest BCUT2D eigenvalue weighted by Crippen LogP contribution is 2.47. The van der Waals surface area contributed by atoms with Gasteiger partial charge in [-0.05, 0) is 26.0 Å². The third kappa shape index (κ3) is 1.78. The molecule has 1 aliphatic rings. The number of ketones is 1. The van der Waals surface area contributed by atoms with Crippen molar-refractivity contribution in [3.05, 3.63) is 47.5 Å². The standard InChI is InChI=1S/C17H16O3/c1-10(2)20-14-9-5-7-12-16(14)15-11(17(12)18)6-4-8-13(15)19-3/h4-10H,1-3H3. The number of carbonyl (C=O) groups is 1. The van der Waals surface area contributed by atoms with Gasteiger partial charge in [-0.2, -0.15) is 0 Å². The van der Waals surface area contributed by atoms with Crippen molar-refractivity contribution >= 4 is 5.78 Å². The van der Waals surface area contributed by atoms with Crippen LogP contribution >= 0.6 is 0 Å². The summed E-state index contributed by atoms with van der Waals surface area (Å²) in [6.45, 7) is 3.94. The van der Waals surface area contributed by atoms with Crippen LogP contribution in [0.4, 0.5) is 0 Å². The number of benzene rings is 2. The van der Waals surface area contributed by atoms with Gasteiger partial charge < -0.3 is 9.47 Å². The first-order valence-electron chi connectivity index (χ1n) is 6.65. The molecule has 3 nitrogen and oxygen atoms in total. The molecule has 0 unspecified atom stereocenters. The van der Waals surface area contributed by atoms with Crippen molar-refractivity contribution in [3.63, 3.8) is 0 Å². The molecule has 1 aliphatic carbocycles. The molecule has 20 heavy (non-hydrogen) atoms. The summed E-state index contributed by atoms with van der Waals surface area (Å²) >= 11 is 0.